The van der Waals surface area contributed by atoms with Crippen LogP contribution in [0.4, 0.5) is 0 Å². The minimum Gasteiger partial charge on any atom is -0.477 e. The summed E-state index contributed by atoms with van der Waals surface area (Å²) in [4.78, 5) is 12.4. The monoisotopic (exact) mass is 335 g/mol. The van der Waals surface area contributed by atoms with Crippen molar-refractivity contribution in [3.63, 3.8) is 0 Å². The normalized spacial score (nSPS) is 10.2. The molecule has 0 aliphatic rings. The van der Waals surface area contributed by atoms with Crippen molar-refractivity contribution < 1.29 is 9.90 Å². The predicted octanol–water partition coefficient (Wildman–Crippen LogP) is 4.31. The molecule has 1 aromatic heterocycles. The summed E-state index contributed by atoms with van der Waals surface area (Å²) >= 11 is 4.53. The van der Waals surface area contributed by atoms with E-state index in [1.807, 2.05) is 31.2 Å². The third-order valence-electron chi connectivity index (χ3n) is 2.74. The van der Waals surface area contributed by atoms with E-state index in [1.165, 1.54) is 11.3 Å². The molecule has 0 unspecified atom stereocenters. The standard InChI is InChI=1S/C14H10BrNO2S/c1-2-11-10(7-16)12(13(19-11)14(17)18)8-3-5-9(15)6-4-8/h3-6H,2H2,1H3,(H,17,18). The van der Waals surface area contributed by atoms with Gasteiger partial charge in [-0.25, -0.2) is 4.79 Å². The lowest BCUT2D eigenvalue weighted by atomic mass is 10.0. The highest BCUT2D eigenvalue weighted by atomic mass is 79.9. The van der Waals surface area contributed by atoms with Crippen LogP contribution < -0.4 is 0 Å². The molecule has 0 aliphatic carbocycles. The number of aromatic carboxylic acids is 1. The molecule has 1 heterocycles. The van der Waals surface area contributed by atoms with Crippen LogP contribution in [0.15, 0.2) is 28.7 Å². The van der Waals surface area contributed by atoms with E-state index >= 15 is 0 Å². The number of halogens is 1. The van der Waals surface area contributed by atoms with Gasteiger partial charge in [0.2, 0.25) is 0 Å². The van der Waals surface area contributed by atoms with Gasteiger partial charge in [0.1, 0.15) is 10.9 Å². The zero-order valence-electron chi connectivity index (χ0n) is 10.1. The van der Waals surface area contributed by atoms with Gasteiger partial charge in [0.15, 0.2) is 0 Å². The van der Waals surface area contributed by atoms with Gasteiger partial charge in [-0.3, -0.25) is 0 Å². The Labute approximate surface area is 123 Å². The van der Waals surface area contributed by atoms with Crippen LogP contribution >= 0.6 is 27.3 Å². The minimum atomic E-state index is -0.987. The Morgan fingerprint density at radius 1 is 1.42 bits per heavy atom. The van der Waals surface area contributed by atoms with Crippen LogP contribution in [0, 0.1) is 11.3 Å². The van der Waals surface area contributed by atoms with Gasteiger partial charge in [-0.05, 0) is 24.1 Å². The molecule has 1 N–H and O–H groups in total. The van der Waals surface area contributed by atoms with Crippen molar-refractivity contribution >= 4 is 33.2 Å². The first-order chi connectivity index (χ1) is 9.08. The first kappa shape index (κ1) is 13.8. The van der Waals surface area contributed by atoms with E-state index in [4.69, 9.17) is 0 Å². The minimum absolute atomic E-state index is 0.232. The van der Waals surface area contributed by atoms with E-state index in [0.717, 1.165) is 14.9 Å². The highest BCUT2D eigenvalue weighted by molar-refractivity contribution is 9.10. The summed E-state index contributed by atoms with van der Waals surface area (Å²) in [7, 11) is 0. The number of aryl methyl sites for hydroxylation is 1. The molecule has 0 bridgehead atoms. The van der Waals surface area contributed by atoms with E-state index in [9.17, 15) is 15.2 Å². The largest absolute Gasteiger partial charge is 0.477 e. The Balaban J connectivity index is 2.73. The molecule has 19 heavy (non-hydrogen) atoms. The highest BCUT2D eigenvalue weighted by Crippen LogP contribution is 2.37. The van der Waals surface area contributed by atoms with E-state index in [1.54, 1.807) is 0 Å². The van der Waals surface area contributed by atoms with Gasteiger partial charge in [-0.2, -0.15) is 5.26 Å². The van der Waals surface area contributed by atoms with Crippen LogP contribution in [0.1, 0.15) is 27.0 Å². The summed E-state index contributed by atoms with van der Waals surface area (Å²) in [6.45, 7) is 1.92. The SMILES string of the molecule is CCc1sc(C(=O)O)c(-c2ccc(Br)cc2)c1C#N. The van der Waals surface area contributed by atoms with E-state index in [0.29, 0.717) is 17.5 Å². The average molecular weight is 336 g/mol. The smallest absolute Gasteiger partial charge is 0.346 e. The molecule has 0 saturated carbocycles. The Kier molecular flexibility index (Phi) is 4.03. The van der Waals surface area contributed by atoms with Crippen LogP contribution in [0.2, 0.25) is 0 Å². The summed E-state index contributed by atoms with van der Waals surface area (Å²) in [5, 5.41) is 18.6. The predicted molar refractivity (Wildman–Crippen MR) is 78.5 cm³/mol. The third-order valence-corrected chi connectivity index (χ3v) is 4.59. The number of carboxylic acid groups (broad SMARTS) is 1. The summed E-state index contributed by atoms with van der Waals surface area (Å²) in [6, 6.07) is 9.45. The first-order valence-corrected chi connectivity index (χ1v) is 7.24. The second-order valence-electron chi connectivity index (χ2n) is 3.88. The molecule has 96 valence electrons. The summed E-state index contributed by atoms with van der Waals surface area (Å²) < 4.78 is 0.914. The second-order valence-corrected chi connectivity index (χ2v) is 5.90. The number of nitriles is 1. The molecule has 5 heteroatoms. The van der Waals surface area contributed by atoms with Crippen LogP contribution in [-0.2, 0) is 6.42 Å². The molecule has 0 atom stereocenters. The average Bonchev–Trinajstić information content (AvgIpc) is 2.78. The Hall–Kier alpha value is -1.64. The number of nitrogens with zero attached hydrogens (tertiary/aromatic N) is 1. The fourth-order valence-corrected chi connectivity index (χ4v) is 3.20. The molecular formula is C14H10BrNO2S. The molecule has 0 radical (unpaired) electrons. The van der Waals surface area contributed by atoms with Crippen LogP contribution in [-0.4, -0.2) is 11.1 Å². The van der Waals surface area contributed by atoms with Gasteiger partial charge in [0.25, 0.3) is 0 Å². The van der Waals surface area contributed by atoms with E-state index in [-0.39, 0.29) is 4.88 Å². The molecule has 0 fully saturated rings. The van der Waals surface area contributed by atoms with Crippen molar-refractivity contribution in [1.82, 2.24) is 0 Å². The van der Waals surface area contributed by atoms with Crippen LogP contribution in [0.25, 0.3) is 11.1 Å². The summed E-state index contributed by atoms with van der Waals surface area (Å²) in [5.74, 6) is -0.987. The van der Waals surface area contributed by atoms with Gasteiger partial charge >= 0.3 is 5.97 Å². The molecule has 0 amide bonds. The lowest BCUT2D eigenvalue weighted by Gasteiger charge is -2.02. The fraction of sp³-hybridized carbons (Fsp3) is 0.143. The van der Waals surface area contributed by atoms with Crippen molar-refractivity contribution in [1.29, 1.82) is 5.26 Å². The number of rotatable bonds is 3. The van der Waals surface area contributed by atoms with E-state index < -0.39 is 5.97 Å². The maximum Gasteiger partial charge on any atom is 0.346 e. The lowest BCUT2D eigenvalue weighted by Crippen LogP contribution is -1.95. The highest BCUT2D eigenvalue weighted by Gasteiger charge is 2.22. The van der Waals surface area contributed by atoms with Crippen molar-refractivity contribution in [2.75, 3.05) is 0 Å². The second kappa shape index (κ2) is 5.55. The molecule has 3 nitrogen and oxygen atoms in total. The Morgan fingerprint density at radius 2 is 2.05 bits per heavy atom. The first-order valence-electron chi connectivity index (χ1n) is 5.63. The van der Waals surface area contributed by atoms with E-state index in [2.05, 4.69) is 22.0 Å². The molecule has 1 aromatic carbocycles. The Bertz CT molecular complexity index is 668. The molecule has 0 aliphatic heterocycles. The molecular weight excluding hydrogens is 326 g/mol. The van der Waals surface area contributed by atoms with Gasteiger partial charge in [0.05, 0.1) is 5.56 Å². The Morgan fingerprint density at radius 3 is 2.53 bits per heavy atom. The number of hydrogen-bond acceptors (Lipinski definition) is 3. The summed E-state index contributed by atoms with van der Waals surface area (Å²) in [5.41, 5.74) is 1.77. The molecule has 2 rings (SSSR count). The number of hydrogen-bond donors (Lipinski definition) is 1. The molecule has 2 aromatic rings. The quantitative estimate of drug-likeness (QED) is 0.908. The number of carbonyl (C=O) groups is 1. The topological polar surface area (TPSA) is 61.1 Å². The molecule has 0 saturated heterocycles. The van der Waals surface area contributed by atoms with Gasteiger partial charge in [-0.1, -0.05) is 35.0 Å². The van der Waals surface area contributed by atoms with Crippen molar-refractivity contribution in [2.45, 2.75) is 13.3 Å². The van der Waals surface area contributed by atoms with Gasteiger partial charge < -0.3 is 5.11 Å². The van der Waals surface area contributed by atoms with Crippen molar-refractivity contribution in [3.05, 3.63) is 44.1 Å². The number of carboxylic acids is 1. The summed E-state index contributed by atoms with van der Waals surface area (Å²) in [6.07, 6.45) is 0.657. The fourth-order valence-electron chi connectivity index (χ4n) is 1.89. The lowest BCUT2D eigenvalue weighted by molar-refractivity contribution is 0.0703. The van der Waals surface area contributed by atoms with Crippen molar-refractivity contribution in [2.24, 2.45) is 0 Å². The third kappa shape index (κ3) is 2.55. The molecule has 0 spiro atoms. The number of thiophene rings is 1. The van der Waals surface area contributed by atoms with Crippen molar-refractivity contribution in [3.8, 4) is 17.2 Å². The van der Waals surface area contributed by atoms with Crippen LogP contribution in [0.5, 0.6) is 0 Å². The maximum atomic E-state index is 11.4. The zero-order chi connectivity index (χ0) is 14.0. The van der Waals surface area contributed by atoms with Gasteiger partial charge in [-0.15, -0.1) is 11.3 Å². The van der Waals surface area contributed by atoms with Crippen LogP contribution in [0.3, 0.4) is 0 Å². The zero-order valence-corrected chi connectivity index (χ0v) is 12.5. The number of benzene rings is 1. The maximum absolute atomic E-state index is 11.4. The van der Waals surface area contributed by atoms with Gasteiger partial charge in [0, 0.05) is 14.9 Å².